The van der Waals surface area contributed by atoms with Crippen molar-refractivity contribution in [3.05, 3.63) is 40.7 Å². The maximum absolute atomic E-state index is 11.6. The van der Waals surface area contributed by atoms with Crippen LogP contribution in [0.2, 0.25) is 10.4 Å². The van der Waals surface area contributed by atoms with Crippen LogP contribution in [0.5, 0.6) is 0 Å². The zero-order valence-corrected chi connectivity index (χ0v) is 15.8. The fraction of sp³-hybridized carbons (Fsp3) is 0.375. The second-order valence-corrected chi connectivity index (χ2v) is 6.59. The van der Waals surface area contributed by atoms with Gasteiger partial charge in [0, 0.05) is 19.4 Å². The summed E-state index contributed by atoms with van der Waals surface area (Å²) in [5, 5.41) is 4.06. The second-order valence-electron chi connectivity index (χ2n) is 5.90. The third-order valence-electron chi connectivity index (χ3n) is 4.08. The number of nitrogens with zero attached hydrogens (tertiary/aromatic N) is 5. The van der Waals surface area contributed by atoms with Gasteiger partial charge >= 0.3 is 5.97 Å². The van der Waals surface area contributed by atoms with E-state index in [-0.39, 0.29) is 10.4 Å². The number of carbonyl (C=O) groups is 1. The van der Waals surface area contributed by atoms with Crippen LogP contribution in [0.25, 0.3) is 11.2 Å². The highest BCUT2D eigenvalue weighted by Gasteiger charge is 2.42. The highest BCUT2D eigenvalue weighted by Crippen LogP contribution is 2.41. The van der Waals surface area contributed by atoms with Gasteiger partial charge in [-0.15, -0.1) is 0 Å². The Hall–Kier alpha value is -2.23. The van der Waals surface area contributed by atoms with Crippen LogP contribution in [-0.4, -0.2) is 36.7 Å². The normalized spacial score (nSPS) is 22.4. The van der Waals surface area contributed by atoms with E-state index in [0.717, 1.165) is 12.1 Å². The lowest BCUT2D eigenvalue weighted by atomic mass is 10.1. The number of hydrogen-bond donors (Lipinski definition) is 0. The Morgan fingerprint density at radius 3 is 2.89 bits per heavy atom. The number of fused-ring (bicyclic) bond motifs is 1. The third-order valence-corrected chi connectivity index (χ3v) is 4.51. The molecule has 1 aliphatic rings. The van der Waals surface area contributed by atoms with Gasteiger partial charge in [-0.3, -0.25) is 9.36 Å². The third kappa shape index (κ3) is 3.38. The van der Waals surface area contributed by atoms with Crippen molar-refractivity contribution in [1.29, 1.82) is 0 Å². The number of aryl methyl sites for hydroxylation is 1. The lowest BCUT2D eigenvalue weighted by Crippen LogP contribution is -2.24. The topological polar surface area (TPSA) is 105 Å². The number of ether oxygens (including phenoxy) is 2. The molecule has 4 heterocycles. The van der Waals surface area contributed by atoms with Crippen molar-refractivity contribution in [1.82, 2.24) is 24.7 Å². The van der Waals surface area contributed by atoms with Gasteiger partial charge in [0.25, 0.3) is 0 Å². The van der Waals surface area contributed by atoms with Crippen LogP contribution in [-0.2, 0) is 20.7 Å². The molecule has 11 heteroatoms. The summed E-state index contributed by atoms with van der Waals surface area (Å²) >= 11 is 12.0. The highest BCUT2D eigenvalue weighted by atomic mass is 35.5. The van der Waals surface area contributed by atoms with Crippen LogP contribution >= 0.6 is 23.2 Å². The molecule has 0 bridgehead atoms. The largest absolute Gasteiger partial charge is 0.457 e. The lowest BCUT2D eigenvalue weighted by molar-refractivity contribution is -0.151. The number of halogens is 2. The van der Waals surface area contributed by atoms with E-state index in [1.54, 1.807) is 17.1 Å². The number of imidazole rings is 1. The van der Waals surface area contributed by atoms with Gasteiger partial charge in [0.1, 0.15) is 11.6 Å². The predicted octanol–water partition coefficient (Wildman–Crippen LogP) is 3.09. The summed E-state index contributed by atoms with van der Waals surface area (Å²) in [6.07, 6.45) is 1.94. The van der Waals surface area contributed by atoms with Crippen molar-refractivity contribution in [3.8, 4) is 0 Å². The molecule has 1 saturated heterocycles. The van der Waals surface area contributed by atoms with E-state index in [4.69, 9.17) is 37.2 Å². The first-order valence-electron chi connectivity index (χ1n) is 8.15. The average Bonchev–Trinajstić information content (AvgIpc) is 3.31. The van der Waals surface area contributed by atoms with Crippen molar-refractivity contribution < 1.29 is 18.8 Å². The van der Waals surface area contributed by atoms with Crippen LogP contribution in [0.1, 0.15) is 37.6 Å². The van der Waals surface area contributed by atoms with Crippen LogP contribution in [0.4, 0.5) is 0 Å². The van der Waals surface area contributed by atoms with Gasteiger partial charge in [0.05, 0.1) is 12.0 Å². The van der Waals surface area contributed by atoms with E-state index in [1.807, 2.05) is 6.92 Å². The molecule has 0 amide bonds. The molecule has 1 fully saturated rings. The highest BCUT2D eigenvalue weighted by molar-refractivity contribution is 6.35. The van der Waals surface area contributed by atoms with Crippen LogP contribution < -0.4 is 0 Å². The zero-order valence-electron chi connectivity index (χ0n) is 14.3. The van der Waals surface area contributed by atoms with Gasteiger partial charge < -0.3 is 14.0 Å². The van der Waals surface area contributed by atoms with Crippen LogP contribution in [0.3, 0.4) is 0 Å². The molecular formula is C16H14Cl2N5O4. The van der Waals surface area contributed by atoms with Gasteiger partial charge in [-0.05, 0) is 18.0 Å². The average molecular weight is 411 g/mol. The molecule has 1 radical (unpaired) electrons. The first-order valence-corrected chi connectivity index (χ1v) is 8.90. The first-order chi connectivity index (χ1) is 13.0. The molecule has 3 aromatic rings. The maximum Gasteiger partial charge on any atom is 0.303 e. The van der Waals surface area contributed by atoms with Crippen LogP contribution in [0, 0.1) is 6.42 Å². The molecule has 0 aliphatic carbocycles. The smallest absolute Gasteiger partial charge is 0.303 e. The van der Waals surface area contributed by atoms with E-state index in [1.165, 1.54) is 13.3 Å². The molecule has 0 aromatic carbocycles. The van der Waals surface area contributed by atoms with Crippen LogP contribution in [0.15, 0.2) is 16.9 Å². The predicted molar refractivity (Wildman–Crippen MR) is 93.9 cm³/mol. The fourth-order valence-corrected chi connectivity index (χ4v) is 3.31. The van der Waals surface area contributed by atoms with Gasteiger partial charge in [-0.1, -0.05) is 23.7 Å². The summed E-state index contributed by atoms with van der Waals surface area (Å²) in [7, 11) is 0. The van der Waals surface area contributed by atoms with Crippen molar-refractivity contribution >= 4 is 40.3 Å². The van der Waals surface area contributed by atoms with Crippen molar-refractivity contribution in [2.24, 2.45) is 0 Å². The molecule has 3 aromatic heterocycles. The Kier molecular flexibility index (Phi) is 4.75. The Labute approximate surface area is 163 Å². The molecule has 0 N–H and O–H groups in total. The number of rotatable bonds is 4. The molecule has 0 saturated carbocycles. The molecule has 27 heavy (non-hydrogen) atoms. The van der Waals surface area contributed by atoms with Gasteiger partial charge in [-0.2, -0.15) is 4.98 Å². The minimum absolute atomic E-state index is 0.0281. The monoisotopic (exact) mass is 410 g/mol. The van der Waals surface area contributed by atoms with E-state index < -0.39 is 24.4 Å². The van der Waals surface area contributed by atoms with Gasteiger partial charge in [0.15, 0.2) is 28.9 Å². The van der Waals surface area contributed by atoms with Crippen molar-refractivity contribution in [3.63, 3.8) is 0 Å². The molecule has 0 unspecified atom stereocenters. The molecule has 9 nitrogen and oxygen atoms in total. The zero-order chi connectivity index (χ0) is 19.1. The molecule has 0 spiro atoms. The number of carbonyl (C=O) groups excluding carboxylic acids is 1. The molecule has 4 rings (SSSR count). The summed E-state index contributed by atoms with van der Waals surface area (Å²) in [6, 6.07) is 1.80. The summed E-state index contributed by atoms with van der Waals surface area (Å²) in [5.41, 5.74) is 1.53. The van der Waals surface area contributed by atoms with E-state index in [0.29, 0.717) is 16.9 Å². The second kappa shape index (κ2) is 7.06. The number of hydrogen-bond acceptors (Lipinski definition) is 8. The molecule has 141 valence electrons. The SMILES string of the molecule is CCc1cc([C@@H]2[CH][C@@H](OC(C)=O)[C@H](n3cnc4c(Cl)nc(Cl)nc43)O2)on1. The summed E-state index contributed by atoms with van der Waals surface area (Å²) < 4.78 is 18.4. The van der Waals surface area contributed by atoms with E-state index in [2.05, 4.69) is 20.1 Å². The van der Waals surface area contributed by atoms with Gasteiger partial charge in [-0.25, -0.2) is 9.97 Å². The Bertz CT molecular complexity index is 1000. The molecule has 1 aliphatic heterocycles. The Morgan fingerprint density at radius 2 is 2.19 bits per heavy atom. The van der Waals surface area contributed by atoms with Crippen molar-refractivity contribution in [2.45, 2.75) is 38.7 Å². The Morgan fingerprint density at radius 1 is 1.37 bits per heavy atom. The lowest BCUT2D eigenvalue weighted by Gasteiger charge is -2.19. The Balaban J connectivity index is 1.72. The van der Waals surface area contributed by atoms with E-state index >= 15 is 0 Å². The minimum Gasteiger partial charge on any atom is -0.457 e. The fourth-order valence-electron chi connectivity index (χ4n) is 2.89. The standard InChI is InChI=1S/C16H14Cl2N5O4/c1-3-8-4-10(27-22-8)9-5-11(25-7(2)24)15(26-9)23-6-19-12-13(17)20-16(18)21-14(12)23/h4-6,9,11,15H,3H2,1-2H3/t9-,11+,15+/m0/s1. The van der Waals surface area contributed by atoms with Crippen molar-refractivity contribution in [2.75, 3.05) is 0 Å². The minimum atomic E-state index is -0.735. The quantitative estimate of drug-likeness (QED) is 0.366. The van der Waals surface area contributed by atoms with E-state index in [9.17, 15) is 4.79 Å². The molecular weight excluding hydrogens is 397 g/mol. The summed E-state index contributed by atoms with van der Waals surface area (Å²) in [5.74, 6) is 0.0639. The number of aromatic nitrogens is 5. The molecule has 3 atom stereocenters. The maximum atomic E-state index is 11.6. The summed E-state index contributed by atoms with van der Waals surface area (Å²) in [4.78, 5) is 23.8. The summed E-state index contributed by atoms with van der Waals surface area (Å²) in [6.45, 7) is 3.29. The van der Waals surface area contributed by atoms with Gasteiger partial charge in [0.2, 0.25) is 5.28 Å². The first kappa shape index (κ1) is 18.1. The number of esters is 1.